The van der Waals surface area contributed by atoms with Gasteiger partial charge in [-0.15, -0.1) is 0 Å². The molecule has 0 spiro atoms. The summed E-state index contributed by atoms with van der Waals surface area (Å²) in [6.45, 7) is 6.75. The summed E-state index contributed by atoms with van der Waals surface area (Å²) in [5, 5.41) is 18.8. The Morgan fingerprint density at radius 2 is 0.587 bits per heavy atom. The van der Waals surface area contributed by atoms with E-state index < -0.39 is 0 Å². The number of carbonyl (C=O) groups excluding carboxylic acids is 2. The molecule has 0 bridgehead atoms. The van der Waals surface area contributed by atoms with Gasteiger partial charge in [-0.25, -0.2) is 0 Å². The van der Waals surface area contributed by atoms with Crippen LogP contribution in [0, 0.1) is 0 Å². The lowest BCUT2D eigenvalue weighted by Gasteiger charge is -2.28. The summed E-state index contributed by atoms with van der Waals surface area (Å²) in [6.07, 6.45) is 35.7. The molecule has 0 aromatic heterocycles. The number of carbonyl (C=O) groups is 2. The van der Waals surface area contributed by atoms with E-state index in [0.29, 0.717) is 51.9 Å². The highest BCUT2D eigenvalue weighted by atomic mass is 16.3. The summed E-state index contributed by atoms with van der Waals surface area (Å²) in [4.78, 5) is 29.8. The molecule has 0 aromatic rings. The average molecular weight is 653 g/mol. The van der Waals surface area contributed by atoms with E-state index in [0.717, 1.165) is 25.7 Å². The molecule has 0 aliphatic heterocycles. The van der Waals surface area contributed by atoms with Gasteiger partial charge in [-0.1, -0.05) is 168 Å². The molecule has 6 heteroatoms. The number of hydrogen-bond donors (Lipinski definition) is 2. The van der Waals surface area contributed by atoms with Crippen molar-refractivity contribution in [2.24, 2.45) is 0 Å². The fourth-order valence-electron chi connectivity index (χ4n) is 6.39. The molecule has 0 unspecified atom stereocenters. The third kappa shape index (κ3) is 30.2. The normalized spacial score (nSPS) is 11.3. The second-order valence-electron chi connectivity index (χ2n) is 13.9. The predicted octanol–water partition coefficient (Wildman–Crippen LogP) is 10.4. The average Bonchev–Trinajstić information content (AvgIpc) is 3.06. The molecule has 0 saturated heterocycles. The molecule has 2 N–H and O–H groups in total. The molecule has 0 saturated carbocycles. The zero-order chi connectivity index (χ0) is 33.8. The predicted molar refractivity (Wildman–Crippen MR) is 197 cm³/mol. The number of nitrogens with zero attached hydrogens (tertiary/aromatic N) is 2. The largest absolute Gasteiger partial charge is 0.396 e. The maximum atomic E-state index is 13.1. The lowest BCUT2D eigenvalue weighted by atomic mass is 10.0. The third-order valence-corrected chi connectivity index (χ3v) is 9.51. The molecule has 0 aliphatic rings. The summed E-state index contributed by atoms with van der Waals surface area (Å²) >= 11 is 0. The van der Waals surface area contributed by atoms with Gasteiger partial charge in [0, 0.05) is 52.2 Å². The van der Waals surface area contributed by atoms with Crippen molar-refractivity contribution in [2.75, 3.05) is 39.4 Å². The van der Waals surface area contributed by atoms with Crippen LogP contribution in [-0.2, 0) is 9.59 Å². The Morgan fingerprint density at radius 3 is 0.826 bits per heavy atom. The molecule has 0 aliphatic carbocycles. The number of rotatable bonds is 37. The summed E-state index contributed by atoms with van der Waals surface area (Å²) < 4.78 is 0. The molecule has 0 atom stereocenters. The molecule has 0 rings (SSSR count). The van der Waals surface area contributed by atoms with Gasteiger partial charge in [0.05, 0.1) is 0 Å². The van der Waals surface area contributed by atoms with Crippen LogP contribution in [0.15, 0.2) is 0 Å². The van der Waals surface area contributed by atoms with Gasteiger partial charge in [-0.05, 0) is 25.7 Å². The molecular formula is C40H80N2O4. The summed E-state index contributed by atoms with van der Waals surface area (Å²) in [5.74, 6) is 0.283. The van der Waals surface area contributed by atoms with Crippen LogP contribution in [0.3, 0.4) is 0 Å². The maximum Gasteiger partial charge on any atom is 0.222 e. The molecule has 46 heavy (non-hydrogen) atoms. The Kier molecular flexibility index (Phi) is 35.8. The van der Waals surface area contributed by atoms with Crippen molar-refractivity contribution >= 4 is 11.8 Å². The minimum atomic E-state index is 0.0642. The monoisotopic (exact) mass is 653 g/mol. The fourth-order valence-corrected chi connectivity index (χ4v) is 6.39. The summed E-state index contributed by atoms with van der Waals surface area (Å²) in [6, 6.07) is 0. The van der Waals surface area contributed by atoms with Gasteiger partial charge in [0.2, 0.25) is 11.8 Å². The van der Waals surface area contributed by atoms with E-state index in [1.165, 1.54) is 141 Å². The summed E-state index contributed by atoms with van der Waals surface area (Å²) in [5.41, 5.74) is 0. The zero-order valence-corrected chi connectivity index (χ0v) is 31.1. The minimum Gasteiger partial charge on any atom is -0.396 e. The summed E-state index contributed by atoms with van der Waals surface area (Å²) in [7, 11) is 0. The highest BCUT2D eigenvalue weighted by molar-refractivity contribution is 5.77. The van der Waals surface area contributed by atoms with Gasteiger partial charge in [-0.2, -0.15) is 0 Å². The number of aliphatic hydroxyl groups excluding tert-OH is 2. The Balaban J connectivity index is 4.20. The van der Waals surface area contributed by atoms with E-state index >= 15 is 0 Å². The van der Waals surface area contributed by atoms with Gasteiger partial charge in [-0.3, -0.25) is 9.59 Å². The molecule has 0 aromatic carbocycles. The van der Waals surface area contributed by atoms with Crippen molar-refractivity contribution in [1.29, 1.82) is 0 Å². The Bertz CT molecular complexity index is 591. The van der Waals surface area contributed by atoms with Crippen molar-refractivity contribution in [3.8, 4) is 0 Å². The molecule has 0 radical (unpaired) electrons. The van der Waals surface area contributed by atoms with E-state index in [1.807, 2.05) is 9.80 Å². The van der Waals surface area contributed by atoms with Crippen LogP contribution in [-0.4, -0.2) is 71.2 Å². The van der Waals surface area contributed by atoms with E-state index in [4.69, 9.17) is 0 Å². The maximum absolute atomic E-state index is 13.1. The van der Waals surface area contributed by atoms with Crippen LogP contribution in [0.5, 0.6) is 0 Å². The number of aliphatic hydroxyl groups is 2. The lowest BCUT2D eigenvalue weighted by molar-refractivity contribution is -0.135. The van der Waals surface area contributed by atoms with Gasteiger partial charge < -0.3 is 20.0 Å². The first-order chi connectivity index (χ1) is 22.6. The minimum absolute atomic E-state index is 0.0642. The van der Waals surface area contributed by atoms with Crippen molar-refractivity contribution in [3.63, 3.8) is 0 Å². The molecule has 0 fully saturated rings. The second kappa shape index (κ2) is 36.7. The Hall–Kier alpha value is -1.14. The first kappa shape index (κ1) is 44.9. The first-order valence-corrected chi connectivity index (χ1v) is 20.4. The van der Waals surface area contributed by atoms with Crippen molar-refractivity contribution in [3.05, 3.63) is 0 Å². The zero-order valence-electron chi connectivity index (χ0n) is 31.1. The Morgan fingerprint density at radius 1 is 0.348 bits per heavy atom. The van der Waals surface area contributed by atoms with Gasteiger partial charge >= 0.3 is 0 Å². The fraction of sp³-hybridized carbons (Fsp3) is 0.950. The van der Waals surface area contributed by atoms with E-state index in [9.17, 15) is 19.8 Å². The van der Waals surface area contributed by atoms with Gasteiger partial charge in [0.25, 0.3) is 0 Å². The highest BCUT2D eigenvalue weighted by Crippen LogP contribution is 2.15. The molecular weight excluding hydrogens is 572 g/mol. The van der Waals surface area contributed by atoms with E-state index in [2.05, 4.69) is 13.8 Å². The SMILES string of the molecule is CCCCCCCCCCCCCCCC(=O)N(CCCO)CCN(CCCO)C(=O)CCCCCCCCCCCCCCC. The van der Waals surface area contributed by atoms with Crippen molar-refractivity contribution < 1.29 is 19.8 Å². The third-order valence-electron chi connectivity index (χ3n) is 9.51. The van der Waals surface area contributed by atoms with E-state index in [1.54, 1.807) is 0 Å². The Labute approximate surface area is 286 Å². The number of amides is 2. The topological polar surface area (TPSA) is 81.1 Å². The van der Waals surface area contributed by atoms with Crippen LogP contribution in [0.2, 0.25) is 0 Å². The second-order valence-corrected chi connectivity index (χ2v) is 13.9. The van der Waals surface area contributed by atoms with Gasteiger partial charge in [0.1, 0.15) is 0 Å². The van der Waals surface area contributed by atoms with Crippen LogP contribution in [0.25, 0.3) is 0 Å². The van der Waals surface area contributed by atoms with Crippen LogP contribution in [0.4, 0.5) is 0 Å². The van der Waals surface area contributed by atoms with E-state index in [-0.39, 0.29) is 25.0 Å². The highest BCUT2D eigenvalue weighted by Gasteiger charge is 2.18. The van der Waals surface area contributed by atoms with Crippen molar-refractivity contribution in [2.45, 2.75) is 206 Å². The van der Waals surface area contributed by atoms with Crippen LogP contribution in [0.1, 0.15) is 206 Å². The number of unbranched alkanes of at least 4 members (excludes halogenated alkanes) is 24. The standard InChI is InChI=1S/C40H80N2O4/c1-3-5-7-9-11-13-15-17-19-21-23-25-27-31-39(45)41(33-29-37-43)35-36-42(34-30-38-44)40(46)32-28-26-24-22-20-18-16-14-12-10-8-6-4-2/h43-44H,3-38H2,1-2H3. The number of hydrogen-bond acceptors (Lipinski definition) is 4. The van der Waals surface area contributed by atoms with Crippen molar-refractivity contribution in [1.82, 2.24) is 9.80 Å². The molecule has 2 amide bonds. The quantitative estimate of drug-likeness (QED) is 0.0655. The van der Waals surface area contributed by atoms with Crippen LogP contribution >= 0.6 is 0 Å². The lowest BCUT2D eigenvalue weighted by Crippen LogP contribution is -2.42. The molecule has 6 nitrogen and oxygen atoms in total. The smallest absolute Gasteiger partial charge is 0.222 e. The molecule has 0 heterocycles. The van der Waals surface area contributed by atoms with Gasteiger partial charge in [0.15, 0.2) is 0 Å². The first-order valence-electron chi connectivity index (χ1n) is 20.4. The van der Waals surface area contributed by atoms with Crippen LogP contribution < -0.4 is 0 Å². The molecule has 274 valence electrons.